The normalized spacial score (nSPS) is 22.5. The second-order valence-electron chi connectivity index (χ2n) is 11.2. The molecule has 0 saturated carbocycles. The highest BCUT2D eigenvalue weighted by Crippen LogP contribution is 2.27. The van der Waals surface area contributed by atoms with Crippen LogP contribution in [0.5, 0.6) is 0 Å². The van der Waals surface area contributed by atoms with Crippen LogP contribution in [0.25, 0.3) is 0 Å². The number of rotatable bonds is 9. The highest BCUT2D eigenvalue weighted by atomic mass is 19.2. The molecule has 1 aromatic carbocycles. The first-order valence-corrected chi connectivity index (χ1v) is 14.1. The maximum Gasteiger partial charge on any atom is 0.475 e. The van der Waals surface area contributed by atoms with Gasteiger partial charge < -0.3 is 25.0 Å². The molecule has 3 N–H and O–H groups in total. The van der Waals surface area contributed by atoms with Gasteiger partial charge in [0.05, 0.1) is 18.1 Å². The molecule has 2 aliphatic heterocycles. The molecule has 41 heavy (non-hydrogen) atoms. The monoisotopic (exact) mass is 582 g/mol. The Morgan fingerprint density at radius 3 is 2.34 bits per heavy atom. The van der Waals surface area contributed by atoms with Gasteiger partial charge in [-0.1, -0.05) is 19.1 Å². The van der Waals surface area contributed by atoms with E-state index < -0.39 is 43.2 Å². The third-order valence-electron chi connectivity index (χ3n) is 7.82. The van der Waals surface area contributed by atoms with Crippen molar-refractivity contribution in [2.45, 2.75) is 89.7 Å². The summed E-state index contributed by atoms with van der Waals surface area (Å²) in [6, 6.07) is 7.05. The lowest BCUT2D eigenvalue weighted by atomic mass is 9.76. The summed E-state index contributed by atoms with van der Waals surface area (Å²) in [7, 11) is -1.84. The first kappa shape index (κ1) is 34.4. The average molecular weight is 582 g/mol. The lowest BCUT2D eigenvalue weighted by Crippen LogP contribution is -2.51. The molecule has 1 unspecified atom stereocenters. The van der Waals surface area contributed by atoms with Crippen LogP contribution in [-0.2, 0) is 16.0 Å². The van der Waals surface area contributed by atoms with Crippen LogP contribution in [0.3, 0.4) is 0 Å². The van der Waals surface area contributed by atoms with Crippen LogP contribution in [0.15, 0.2) is 24.3 Å². The number of piperidine rings is 1. The van der Waals surface area contributed by atoms with Gasteiger partial charge in [-0.3, -0.25) is 9.69 Å². The molecule has 0 spiro atoms. The van der Waals surface area contributed by atoms with Gasteiger partial charge in [0.2, 0.25) is 5.91 Å². The number of benzene rings is 1. The molecule has 9 nitrogen and oxygen atoms in total. The lowest BCUT2D eigenvalue weighted by molar-refractivity contribution is -0.138. The summed E-state index contributed by atoms with van der Waals surface area (Å²) in [4.78, 5) is 27.9. The summed E-state index contributed by atoms with van der Waals surface area (Å²) in [6.07, 6.45) is -0.0685. The van der Waals surface area contributed by atoms with E-state index in [4.69, 9.17) is 10.00 Å². The number of alkyl halides is 2. The van der Waals surface area contributed by atoms with E-state index in [0.29, 0.717) is 18.5 Å². The fourth-order valence-electron chi connectivity index (χ4n) is 4.68. The molecular weight excluding hydrogens is 540 g/mol. The number of carbonyl (C=O) groups is 2. The van der Waals surface area contributed by atoms with E-state index in [2.05, 4.69) is 5.32 Å². The number of nitrogens with zero attached hydrogens (tertiary/aromatic N) is 3. The second kappa shape index (κ2) is 16.0. The number of alkyl carbamates (subject to hydrolysis) is 1. The van der Waals surface area contributed by atoms with Crippen molar-refractivity contribution in [3.63, 3.8) is 0 Å². The molecule has 0 bridgehead atoms. The van der Waals surface area contributed by atoms with E-state index in [0.717, 1.165) is 19.3 Å². The van der Waals surface area contributed by atoms with Crippen LogP contribution in [0.2, 0.25) is 0 Å². The Morgan fingerprint density at radius 1 is 1.20 bits per heavy atom. The van der Waals surface area contributed by atoms with Gasteiger partial charge in [-0.05, 0) is 70.6 Å². The van der Waals surface area contributed by atoms with Gasteiger partial charge in [0, 0.05) is 25.2 Å². The molecule has 3 rings (SSSR count). The maximum atomic E-state index is 13.0. The summed E-state index contributed by atoms with van der Waals surface area (Å²) < 4.78 is 43.8. The van der Waals surface area contributed by atoms with Gasteiger partial charge in [0.25, 0.3) is 0 Å². The van der Waals surface area contributed by atoms with Crippen LogP contribution < -0.4 is 5.32 Å². The zero-order chi connectivity index (χ0) is 30.7. The van der Waals surface area contributed by atoms with Crippen molar-refractivity contribution in [1.29, 1.82) is 5.26 Å². The Bertz CT molecular complexity index is 1020. The molecule has 2 heterocycles. The molecule has 5 atom stereocenters. The van der Waals surface area contributed by atoms with Gasteiger partial charge in [-0.25, -0.2) is 18.0 Å². The van der Waals surface area contributed by atoms with Gasteiger partial charge >= 0.3 is 13.2 Å². The topological polar surface area (TPSA) is 126 Å². The molecular formula is C28H42BF3N4O5. The molecule has 0 aromatic heterocycles. The molecule has 2 fully saturated rings. The van der Waals surface area contributed by atoms with Crippen LogP contribution >= 0.6 is 0 Å². The minimum absolute atomic E-state index is 0.0550. The van der Waals surface area contributed by atoms with Gasteiger partial charge in [0.15, 0.2) is 0 Å². The first-order valence-electron chi connectivity index (χ1n) is 14.1. The Kier molecular flexibility index (Phi) is 13.4. The number of likely N-dealkylation sites (tertiary alicyclic amines) is 2. The van der Waals surface area contributed by atoms with Crippen LogP contribution in [-0.4, -0.2) is 95.1 Å². The summed E-state index contributed by atoms with van der Waals surface area (Å²) in [5.74, 6) is -2.52. The Labute approximate surface area is 240 Å². The highest BCUT2D eigenvalue weighted by Gasteiger charge is 2.39. The van der Waals surface area contributed by atoms with E-state index >= 15 is 0 Å². The molecule has 2 amide bonds. The lowest BCUT2D eigenvalue weighted by Gasteiger charge is -2.36. The average Bonchev–Trinajstić information content (AvgIpc) is 3.30. The highest BCUT2D eigenvalue weighted by molar-refractivity contribution is 6.43. The summed E-state index contributed by atoms with van der Waals surface area (Å²) in [5, 5.41) is 30.4. The molecule has 2 aliphatic rings. The molecule has 0 aliphatic carbocycles. The number of ether oxygens (including phenoxy) is 1. The van der Waals surface area contributed by atoms with Gasteiger partial charge in [-0.2, -0.15) is 5.26 Å². The number of halogens is 3. The maximum absolute atomic E-state index is 13.0. The Balaban J connectivity index is 0.000000408. The van der Waals surface area contributed by atoms with Crippen molar-refractivity contribution in [2.75, 3.05) is 26.2 Å². The van der Waals surface area contributed by atoms with Crippen molar-refractivity contribution in [3.8, 4) is 6.07 Å². The minimum atomic E-state index is -1.84. The molecule has 13 heteroatoms. The summed E-state index contributed by atoms with van der Waals surface area (Å²) in [6.45, 7) is 8.58. The van der Waals surface area contributed by atoms with Gasteiger partial charge in [0.1, 0.15) is 30.7 Å². The van der Waals surface area contributed by atoms with Gasteiger partial charge in [-0.15, -0.1) is 0 Å². The Hall–Kier alpha value is -2.82. The van der Waals surface area contributed by atoms with Crippen molar-refractivity contribution >= 4 is 19.1 Å². The van der Waals surface area contributed by atoms with E-state index in [-0.39, 0.29) is 43.6 Å². The number of nitrogens with one attached hydrogen (secondary N) is 1. The third-order valence-corrected chi connectivity index (χ3v) is 7.82. The van der Waals surface area contributed by atoms with Crippen molar-refractivity contribution in [3.05, 3.63) is 35.6 Å². The molecule has 228 valence electrons. The number of hydrogen-bond donors (Lipinski definition) is 3. The van der Waals surface area contributed by atoms with Crippen molar-refractivity contribution in [2.24, 2.45) is 5.92 Å². The van der Waals surface area contributed by atoms with Crippen molar-refractivity contribution in [1.82, 2.24) is 15.1 Å². The molecule has 0 radical (unpaired) electrons. The predicted molar refractivity (Wildman–Crippen MR) is 148 cm³/mol. The quantitative estimate of drug-likeness (QED) is 0.382. The fourth-order valence-corrected chi connectivity index (χ4v) is 4.68. The zero-order valence-electron chi connectivity index (χ0n) is 24.2. The summed E-state index contributed by atoms with van der Waals surface area (Å²) >= 11 is 0. The molecule has 1 aromatic rings. The van der Waals surface area contributed by atoms with Crippen LogP contribution in [0.1, 0.15) is 58.9 Å². The largest absolute Gasteiger partial charge is 0.475 e. The number of carbonyl (C=O) groups excluding carboxylic acids is 2. The van der Waals surface area contributed by atoms with Crippen LogP contribution in [0.4, 0.5) is 18.0 Å². The zero-order valence-corrected chi connectivity index (χ0v) is 24.2. The SMILES string of the molecule is CC(C#N)C(=O)N1CCCC[C@@H]1COC(=O)N[C@@H](Cc1ccc(F)cc1)B(O)O.CCC(C)(C)N1C[C@@H](F)[C@@H](F)C1. The number of hydrogen-bond acceptors (Lipinski definition) is 7. The number of nitriles is 1. The Morgan fingerprint density at radius 2 is 1.80 bits per heavy atom. The van der Waals surface area contributed by atoms with E-state index in [1.807, 2.05) is 31.7 Å². The number of amides is 2. The predicted octanol–water partition coefficient (Wildman–Crippen LogP) is 3.18. The summed E-state index contributed by atoms with van der Waals surface area (Å²) in [5.41, 5.74) is 0.546. The second-order valence-corrected chi connectivity index (χ2v) is 11.2. The standard InChI is InChI=1S/C19H25BFN3O5.C9H17F2N/c1-13(11-22)18(25)24-9-3-2-4-16(24)12-29-19(26)23-17(20(27)28)10-14-5-7-15(21)8-6-14;1-4-9(2,3)12-5-7(10)8(11)6-12/h5-8,13,16-17,27-28H,2-4,9-10,12H2,1H3,(H,23,26);7-8H,4-6H2,1-3H3/t13?,16-,17+;7-,8+/m1./s1. The fraction of sp³-hybridized carbons (Fsp3) is 0.679. The minimum Gasteiger partial charge on any atom is -0.447 e. The van der Waals surface area contributed by atoms with Crippen molar-refractivity contribution < 1.29 is 37.5 Å². The van der Waals surface area contributed by atoms with E-state index in [1.54, 1.807) is 4.90 Å². The van der Waals surface area contributed by atoms with E-state index in [1.165, 1.54) is 31.2 Å². The third kappa shape index (κ3) is 10.5. The van der Waals surface area contributed by atoms with Crippen LogP contribution in [0, 0.1) is 23.1 Å². The first-order chi connectivity index (χ1) is 19.3. The smallest absolute Gasteiger partial charge is 0.447 e. The van der Waals surface area contributed by atoms with E-state index in [9.17, 15) is 32.8 Å². The molecule has 2 saturated heterocycles.